The van der Waals surface area contributed by atoms with E-state index in [2.05, 4.69) is 15.3 Å². The molecule has 1 N–H and O–H groups in total. The van der Waals surface area contributed by atoms with E-state index < -0.39 is 0 Å². The van der Waals surface area contributed by atoms with Gasteiger partial charge in [0.05, 0.1) is 0 Å². The van der Waals surface area contributed by atoms with Gasteiger partial charge in [0, 0.05) is 24.1 Å². The first kappa shape index (κ1) is 14.1. The lowest BCUT2D eigenvalue weighted by atomic mass is 10.1. The predicted octanol–water partition coefficient (Wildman–Crippen LogP) is 4.46. The first-order chi connectivity index (χ1) is 10.1. The third-order valence-electron chi connectivity index (χ3n) is 3.55. The van der Waals surface area contributed by atoms with Crippen molar-refractivity contribution in [1.29, 1.82) is 0 Å². The van der Waals surface area contributed by atoms with E-state index >= 15 is 0 Å². The average molecular weight is 304 g/mol. The molecule has 0 radical (unpaired) electrons. The van der Waals surface area contributed by atoms with Crippen molar-refractivity contribution in [3.63, 3.8) is 0 Å². The van der Waals surface area contributed by atoms with Crippen LogP contribution in [-0.4, -0.2) is 17.0 Å². The standard InChI is InChI=1S/C16H18ClN3O/c1-9-6-12(17)7-10(2)15(9)21-14-8-13(18-3)19-16(20-14)11-4-5-11/h6-8,11H,4-5H2,1-3H3,(H,18,19,20). The highest BCUT2D eigenvalue weighted by Crippen LogP contribution is 2.40. The predicted molar refractivity (Wildman–Crippen MR) is 84.6 cm³/mol. The molecule has 0 atom stereocenters. The molecule has 1 aliphatic carbocycles. The fraction of sp³-hybridized carbons (Fsp3) is 0.375. The van der Waals surface area contributed by atoms with Crippen LogP contribution in [0.15, 0.2) is 18.2 Å². The second kappa shape index (κ2) is 5.53. The molecule has 1 fully saturated rings. The summed E-state index contributed by atoms with van der Waals surface area (Å²) in [5.41, 5.74) is 2.00. The first-order valence-corrected chi connectivity index (χ1v) is 7.46. The van der Waals surface area contributed by atoms with Gasteiger partial charge in [-0.3, -0.25) is 0 Å². The van der Waals surface area contributed by atoms with Crippen molar-refractivity contribution >= 4 is 17.4 Å². The van der Waals surface area contributed by atoms with Crippen LogP contribution in [0.25, 0.3) is 0 Å². The molecule has 1 aromatic carbocycles. The van der Waals surface area contributed by atoms with Gasteiger partial charge in [0.1, 0.15) is 17.4 Å². The van der Waals surface area contributed by atoms with E-state index in [1.165, 1.54) is 0 Å². The molecule has 0 bridgehead atoms. The second-order valence-corrected chi connectivity index (χ2v) is 5.88. The molecule has 5 heteroatoms. The van der Waals surface area contributed by atoms with Crippen LogP contribution in [0, 0.1) is 13.8 Å². The van der Waals surface area contributed by atoms with Gasteiger partial charge in [-0.2, -0.15) is 4.98 Å². The lowest BCUT2D eigenvalue weighted by molar-refractivity contribution is 0.452. The minimum absolute atomic E-state index is 0.480. The molecule has 0 saturated heterocycles. The Balaban J connectivity index is 1.96. The summed E-state index contributed by atoms with van der Waals surface area (Å²) in [6, 6.07) is 5.61. The number of nitrogens with one attached hydrogen (secondary N) is 1. The van der Waals surface area contributed by atoms with Gasteiger partial charge in [0.2, 0.25) is 5.88 Å². The molecule has 1 heterocycles. The van der Waals surface area contributed by atoms with Crippen LogP contribution in [0.4, 0.5) is 5.82 Å². The molecule has 1 saturated carbocycles. The third kappa shape index (κ3) is 3.10. The summed E-state index contributed by atoms with van der Waals surface area (Å²) in [7, 11) is 1.85. The van der Waals surface area contributed by atoms with Crippen molar-refractivity contribution in [3.05, 3.63) is 40.2 Å². The lowest BCUT2D eigenvalue weighted by Crippen LogP contribution is -2.02. The van der Waals surface area contributed by atoms with Crippen LogP contribution in [0.3, 0.4) is 0 Å². The summed E-state index contributed by atoms with van der Waals surface area (Å²) in [6.07, 6.45) is 2.32. The van der Waals surface area contributed by atoms with E-state index in [-0.39, 0.29) is 0 Å². The molecule has 0 aliphatic heterocycles. The molecule has 110 valence electrons. The van der Waals surface area contributed by atoms with E-state index in [0.29, 0.717) is 11.8 Å². The van der Waals surface area contributed by atoms with Crippen LogP contribution in [0.1, 0.15) is 35.7 Å². The number of aromatic nitrogens is 2. The zero-order chi connectivity index (χ0) is 15.0. The molecule has 3 rings (SSSR count). The Labute approximate surface area is 129 Å². The van der Waals surface area contributed by atoms with E-state index in [1.807, 2.05) is 39.1 Å². The fourth-order valence-corrected chi connectivity index (χ4v) is 2.64. The number of hydrogen-bond donors (Lipinski definition) is 1. The summed E-state index contributed by atoms with van der Waals surface area (Å²) >= 11 is 6.06. The Bertz CT molecular complexity index is 660. The molecular formula is C16H18ClN3O. The zero-order valence-corrected chi connectivity index (χ0v) is 13.2. The number of ether oxygens (including phenoxy) is 1. The minimum atomic E-state index is 0.480. The zero-order valence-electron chi connectivity index (χ0n) is 12.4. The molecule has 4 nitrogen and oxygen atoms in total. The van der Waals surface area contributed by atoms with Crippen LogP contribution in [-0.2, 0) is 0 Å². The number of hydrogen-bond acceptors (Lipinski definition) is 4. The second-order valence-electron chi connectivity index (χ2n) is 5.44. The maximum absolute atomic E-state index is 6.06. The molecule has 0 spiro atoms. The van der Waals surface area contributed by atoms with Gasteiger partial charge in [0.25, 0.3) is 0 Å². The summed E-state index contributed by atoms with van der Waals surface area (Å²) in [5, 5.41) is 3.78. The molecule has 2 aromatic rings. The van der Waals surface area contributed by atoms with Crippen molar-refractivity contribution in [1.82, 2.24) is 9.97 Å². The van der Waals surface area contributed by atoms with Gasteiger partial charge < -0.3 is 10.1 Å². The van der Waals surface area contributed by atoms with E-state index in [0.717, 1.165) is 46.4 Å². The topological polar surface area (TPSA) is 47.0 Å². The number of benzene rings is 1. The number of aryl methyl sites for hydroxylation is 2. The Morgan fingerprint density at radius 3 is 2.38 bits per heavy atom. The van der Waals surface area contributed by atoms with Gasteiger partial charge in [-0.15, -0.1) is 0 Å². The minimum Gasteiger partial charge on any atom is -0.438 e. The van der Waals surface area contributed by atoms with Crippen LogP contribution in [0.2, 0.25) is 5.02 Å². The van der Waals surface area contributed by atoms with E-state index in [4.69, 9.17) is 16.3 Å². The van der Waals surface area contributed by atoms with Crippen LogP contribution in [0.5, 0.6) is 11.6 Å². The maximum atomic E-state index is 6.06. The molecule has 1 aromatic heterocycles. The molecule has 0 unspecified atom stereocenters. The SMILES string of the molecule is CNc1cc(Oc2c(C)cc(Cl)cc2C)nc(C2CC2)n1. The normalized spacial score (nSPS) is 14.1. The molecule has 21 heavy (non-hydrogen) atoms. The summed E-state index contributed by atoms with van der Waals surface area (Å²) in [6.45, 7) is 3.96. The van der Waals surface area contributed by atoms with Gasteiger partial charge in [-0.25, -0.2) is 4.98 Å². The Kier molecular flexibility index (Phi) is 3.72. The van der Waals surface area contributed by atoms with Crippen molar-refractivity contribution in [2.24, 2.45) is 0 Å². The summed E-state index contributed by atoms with van der Waals surface area (Å²) < 4.78 is 6.01. The number of nitrogens with zero attached hydrogens (tertiary/aromatic N) is 2. The molecular weight excluding hydrogens is 286 g/mol. The largest absolute Gasteiger partial charge is 0.438 e. The first-order valence-electron chi connectivity index (χ1n) is 7.08. The van der Waals surface area contributed by atoms with Crippen molar-refractivity contribution < 1.29 is 4.74 Å². The highest BCUT2D eigenvalue weighted by atomic mass is 35.5. The Morgan fingerprint density at radius 1 is 1.14 bits per heavy atom. The van der Waals surface area contributed by atoms with E-state index in [9.17, 15) is 0 Å². The number of anilines is 1. The smallest absolute Gasteiger partial charge is 0.224 e. The van der Waals surface area contributed by atoms with Crippen molar-refractivity contribution in [2.75, 3.05) is 12.4 Å². The monoisotopic (exact) mass is 303 g/mol. The fourth-order valence-electron chi connectivity index (χ4n) is 2.31. The molecule has 1 aliphatic rings. The van der Waals surface area contributed by atoms with Crippen LogP contribution < -0.4 is 10.1 Å². The Hall–Kier alpha value is -1.81. The molecule has 0 amide bonds. The van der Waals surface area contributed by atoms with Crippen molar-refractivity contribution in [3.8, 4) is 11.6 Å². The van der Waals surface area contributed by atoms with Crippen LogP contribution >= 0.6 is 11.6 Å². The average Bonchev–Trinajstić information content (AvgIpc) is 3.27. The van der Waals surface area contributed by atoms with Gasteiger partial charge in [-0.05, 0) is 49.9 Å². The van der Waals surface area contributed by atoms with E-state index in [1.54, 1.807) is 0 Å². The van der Waals surface area contributed by atoms with Gasteiger partial charge in [0.15, 0.2) is 0 Å². The van der Waals surface area contributed by atoms with Gasteiger partial charge >= 0.3 is 0 Å². The van der Waals surface area contributed by atoms with Gasteiger partial charge in [-0.1, -0.05) is 11.6 Å². The summed E-state index contributed by atoms with van der Waals surface area (Å²) in [4.78, 5) is 9.03. The summed E-state index contributed by atoms with van der Waals surface area (Å²) in [5.74, 6) is 3.51. The maximum Gasteiger partial charge on any atom is 0.224 e. The highest BCUT2D eigenvalue weighted by Gasteiger charge is 2.27. The lowest BCUT2D eigenvalue weighted by Gasteiger charge is -2.13. The highest BCUT2D eigenvalue weighted by molar-refractivity contribution is 6.30. The number of halogens is 1. The number of rotatable bonds is 4. The van der Waals surface area contributed by atoms with Crippen molar-refractivity contribution in [2.45, 2.75) is 32.6 Å². The third-order valence-corrected chi connectivity index (χ3v) is 3.77. The quantitative estimate of drug-likeness (QED) is 0.906. The Morgan fingerprint density at radius 2 is 1.81 bits per heavy atom.